The molecule has 0 radical (unpaired) electrons. The first-order valence-corrected chi connectivity index (χ1v) is 7.14. The fourth-order valence-electron chi connectivity index (χ4n) is 2.14. The van der Waals surface area contributed by atoms with Gasteiger partial charge in [-0.15, -0.1) is 11.3 Å². The lowest BCUT2D eigenvalue weighted by molar-refractivity contribution is 0.257. The molecular weight excluding hydrogens is 256 g/mol. The minimum absolute atomic E-state index is 0.402. The van der Waals surface area contributed by atoms with E-state index in [2.05, 4.69) is 46.5 Å². The van der Waals surface area contributed by atoms with Crippen LogP contribution in [-0.4, -0.2) is 26.5 Å². The van der Waals surface area contributed by atoms with Gasteiger partial charge in [0.1, 0.15) is 0 Å². The van der Waals surface area contributed by atoms with Crippen LogP contribution in [0.1, 0.15) is 23.4 Å². The molecule has 1 atom stereocenters. The van der Waals surface area contributed by atoms with Crippen LogP contribution in [0.25, 0.3) is 5.65 Å². The van der Waals surface area contributed by atoms with Gasteiger partial charge >= 0.3 is 0 Å². The van der Waals surface area contributed by atoms with Gasteiger partial charge in [-0.1, -0.05) is 6.07 Å². The number of rotatable bonds is 4. The molecule has 0 saturated carbocycles. The van der Waals surface area contributed by atoms with Crippen molar-refractivity contribution in [2.24, 2.45) is 0 Å². The predicted octanol–water partition coefficient (Wildman–Crippen LogP) is 2.98. The summed E-state index contributed by atoms with van der Waals surface area (Å²) in [5.41, 5.74) is 2.10. The van der Waals surface area contributed by atoms with Crippen LogP contribution in [0.4, 0.5) is 0 Å². The molecule has 0 N–H and O–H groups in total. The Labute approximate surface area is 116 Å². The molecule has 0 fully saturated rings. The molecule has 5 heteroatoms. The van der Waals surface area contributed by atoms with Crippen molar-refractivity contribution >= 4 is 17.0 Å². The van der Waals surface area contributed by atoms with Crippen molar-refractivity contribution in [3.05, 3.63) is 52.6 Å². The molecule has 0 saturated heterocycles. The van der Waals surface area contributed by atoms with Gasteiger partial charge in [-0.2, -0.15) is 5.10 Å². The SMILES string of the molecule is CC(c1cccs1)N(C)Cc1cnn2cccnc12. The van der Waals surface area contributed by atoms with Crippen LogP contribution in [0.2, 0.25) is 0 Å². The van der Waals surface area contributed by atoms with E-state index in [0.717, 1.165) is 17.8 Å². The molecule has 0 aliphatic rings. The van der Waals surface area contributed by atoms with Crippen molar-refractivity contribution < 1.29 is 0 Å². The molecule has 0 amide bonds. The average molecular weight is 272 g/mol. The highest BCUT2D eigenvalue weighted by Crippen LogP contribution is 2.25. The Bertz CT molecular complexity index is 659. The first kappa shape index (κ1) is 12.3. The Hall–Kier alpha value is -1.72. The summed E-state index contributed by atoms with van der Waals surface area (Å²) in [4.78, 5) is 8.09. The predicted molar refractivity (Wildman–Crippen MR) is 77.2 cm³/mol. The number of hydrogen-bond acceptors (Lipinski definition) is 4. The summed E-state index contributed by atoms with van der Waals surface area (Å²) in [6, 6.07) is 6.57. The fourth-order valence-corrected chi connectivity index (χ4v) is 2.99. The van der Waals surface area contributed by atoms with Gasteiger partial charge in [-0.05, 0) is 31.5 Å². The van der Waals surface area contributed by atoms with E-state index in [-0.39, 0.29) is 0 Å². The molecule has 0 bridgehead atoms. The van der Waals surface area contributed by atoms with Gasteiger partial charge in [-0.3, -0.25) is 4.90 Å². The van der Waals surface area contributed by atoms with Crippen LogP contribution < -0.4 is 0 Å². The zero-order valence-electron chi connectivity index (χ0n) is 11.0. The number of thiophene rings is 1. The molecule has 3 heterocycles. The lowest BCUT2D eigenvalue weighted by Gasteiger charge is -2.23. The molecule has 0 spiro atoms. The van der Waals surface area contributed by atoms with Gasteiger partial charge in [0, 0.05) is 35.4 Å². The van der Waals surface area contributed by atoms with Crippen LogP contribution in [0.3, 0.4) is 0 Å². The second-order valence-electron chi connectivity index (χ2n) is 4.66. The summed E-state index contributed by atoms with van der Waals surface area (Å²) in [5.74, 6) is 0. The quantitative estimate of drug-likeness (QED) is 0.732. The molecule has 3 aromatic heterocycles. The maximum Gasteiger partial charge on any atom is 0.159 e. The second kappa shape index (κ2) is 5.11. The highest BCUT2D eigenvalue weighted by Gasteiger charge is 2.15. The summed E-state index contributed by atoms with van der Waals surface area (Å²) in [5, 5.41) is 6.45. The Morgan fingerprint density at radius 1 is 1.42 bits per heavy atom. The van der Waals surface area contributed by atoms with E-state index >= 15 is 0 Å². The van der Waals surface area contributed by atoms with Crippen molar-refractivity contribution in [1.29, 1.82) is 0 Å². The van der Waals surface area contributed by atoms with E-state index in [1.165, 1.54) is 4.88 Å². The minimum Gasteiger partial charge on any atom is -0.294 e. The Balaban J connectivity index is 1.81. The molecule has 0 aliphatic heterocycles. The zero-order chi connectivity index (χ0) is 13.2. The van der Waals surface area contributed by atoms with Gasteiger partial charge in [0.25, 0.3) is 0 Å². The summed E-state index contributed by atoms with van der Waals surface area (Å²) < 4.78 is 1.82. The van der Waals surface area contributed by atoms with Gasteiger partial charge in [0.2, 0.25) is 0 Å². The molecule has 4 nitrogen and oxygen atoms in total. The normalized spacial score (nSPS) is 13.2. The lowest BCUT2D eigenvalue weighted by atomic mass is 10.2. The van der Waals surface area contributed by atoms with Gasteiger partial charge in [0.15, 0.2) is 5.65 Å². The van der Waals surface area contributed by atoms with E-state index < -0.39 is 0 Å². The first-order valence-electron chi connectivity index (χ1n) is 6.26. The van der Waals surface area contributed by atoms with E-state index in [1.54, 1.807) is 11.3 Å². The summed E-state index contributed by atoms with van der Waals surface area (Å²) in [7, 11) is 2.14. The van der Waals surface area contributed by atoms with Crippen LogP contribution >= 0.6 is 11.3 Å². The van der Waals surface area contributed by atoms with Crippen molar-refractivity contribution in [3.63, 3.8) is 0 Å². The third-order valence-corrected chi connectivity index (χ3v) is 4.43. The van der Waals surface area contributed by atoms with Crippen LogP contribution in [-0.2, 0) is 6.54 Å². The highest BCUT2D eigenvalue weighted by molar-refractivity contribution is 7.10. The van der Waals surface area contributed by atoms with Gasteiger partial charge in [0.05, 0.1) is 6.20 Å². The maximum absolute atomic E-state index is 4.39. The van der Waals surface area contributed by atoms with Gasteiger partial charge < -0.3 is 0 Å². The van der Waals surface area contributed by atoms with E-state index in [4.69, 9.17) is 0 Å². The standard InChI is InChI=1S/C14H16N4S/c1-11(13-5-3-8-19-13)17(2)10-12-9-16-18-7-4-6-15-14(12)18/h3-9,11H,10H2,1-2H3. The molecule has 3 rings (SSSR count). The zero-order valence-corrected chi connectivity index (χ0v) is 11.8. The largest absolute Gasteiger partial charge is 0.294 e. The van der Waals surface area contributed by atoms with E-state index in [1.807, 2.05) is 29.2 Å². The Morgan fingerprint density at radius 2 is 2.32 bits per heavy atom. The topological polar surface area (TPSA) is 33.4 Å². The first-order chi connectivity index (χ1) is 9.25. The van der Waals surface area contributed by atoms with Crippen molar-refractivity contribution in [2.45, 2.75) is 19.5 Å². The van der Waals surface area contributed by atoms with Crippen LogP contribution in [0.5, 0.6) is 0 Å². The smallest absolute Gasteiger partial charge is 0.159 e. The molecule has 19 heavy (non-hydrogen) atoms. The Kier molecular flexibility index (Phi) is 3.31. The van der Waals surface area contributed by atoms with E-state index in [9.17, 15) is 0 Å². The Morgan fingerprint density at radius 3 is 3.11 bits per heavy atom. The number of nitrogens with zero attached hydrogens (tertiary/aromatic N) is 4. The van der Waals surface area contributed by atoms with Crippen molar-refractivity contribution in [3.8, 4) is 0 Å². The molecular formula is C14H16N4S. The summed E-state index contributed by atoms with van der Waals surface area (Å²) in [6.07, 6.45) is 5.64. The molecule has 1 unspecified atom stereocenters. The minimum atomic E-state index is 0.402. The maximum atomic E-state index is 4.39. The fraction of sp³-hybridized carbons (Fsp3) is 0.286. The third-order valence-electron chi connectivity index (χ3n) is 3.39. The van der Waals surface area contributed by atoms with Crippen molar-refractivity contribution in [2.75, 3.05) is 7.05 Å². The lowest BCUT2D eigenvalue weighted by Crippen LogP contribution is -2.21. The summed E-state index contributed by atoms with van der Waals surface area (Å²) in [6.45, 7) is 3.07. The van der Waals surface area contributed by atoms with Crippen LogP contribution in [0, 0.1) is 0 Å². The summed E-state index contributed by atoms with van der Waals surface area (Å²) >= 11 is 1.80. The average Bonchev–Trinajstić information content (AvgIpc) is 3.08. The van der Waals surface area contributed by atoms with Crippen LogP contribution in [0.15, 0.2) is 42.2 Å². The van der Waals surface area contributed by atoms with Crippen molar-refractivity contribution in [1.82, 2.24) is 19.5 Å². The van der Waals surface area contributed by atoms with Gasteiger partial charge in [-0.25, -0.2) is 9.50 Å². The monoisotopic (exact) mass is 272 g/mol. The number of fused-ring (bicyclic) bond motifs is 1. The highest BCUT2D eigenvalue weighted by atomic mass is 32.1. The second-order valence-corrected chi connectivity index (χ2v) is 5.64. The number of hydrogen-bond donors (Lipinski definition) is 0. The molecule has 98 valence electrons. The number of aromatic nitrogens is 3. The molecule has 3 aromatic rings. The third kappa shape index (κ3) is 2.39. The van der Waals surface area contributed by atoms with E-state index in [0.29, 0.717) is 6.04 Å². The molecule has 0 aromatic carbocycles. The molecule has 0 aliphatic carbocycles.